The quantitative estimate of drug-likeness (QED) is 0.156. The molecule has 0 unspecified atom stereocenters. The topological polar surface area (TPSA) is 44.1 Å². The fourth-order valence-corrected chi connectivity index (χ4v) is 3.99. The highest BCUT2D eigenvalue weighted by molar-refractivity contribution is 5.98. The van der Waals surface area contributed by atoms with Crippen LogP contribution in [-0.4, -0.2) is 15.7 Å². The zero-order chi connectivity index (χ0) is 24.0. The molecule has 4 heteroatoms. The Bertz CT molecular complexity index is 1460. The fourth-order valence-electron chi connectivity index (χ4n) is 3.99. The summed E-state index contributed by atoms with van der Waals surface area (Å²) in [7, 11) is 0. The van der Waals surface area contributed by atoms with Crippen LogP contribution in [0.4, 0.5) is 0 Å². The van der Waals surface area contributed by atoms with Crippen molar-refractivity contribution in [1.82, 2.24) is 9.78 Å². The Morgan fingerprint density at radius 3 is 1.71 bits per heavy atom. The SMILES string of the molecule is Cc1cc(-c2ccccc2)n(/C(=C(/OC(=O)c2ccccc2)c2ccccc2)c2ccccc2)n1. The van der Waals surface area contributed by atoms with Gasteiger partial charge in [0.05, 0.1) is 17.0 Å². The molecular formula is C31H24N2O2. The summed E-state index contributed by atoms with van der Waals surface area (Å²) in [6, 6.07) is 40.7. The molecule has 170 valence electrons. The number of carbonyl (C=O) groups is 1. The summed E-state index contributed by atoms with van der Waals surface area (Å²) in [5, 5.41) is 4.86. The van der Waals surface area contributed by atoms with E-state index in [2.05, 4.69) is 0 Å². The van der Waals surface area contributed by atoms with Crippen LogP contribution in [0.5, 0.6) is 0 Å². The third-order valence-corrected chi connectivity index (χ3v) is 5.62. The molecule has 35 heavy (non-hydrogen) atoms. The molecule has 0 amide bonds. The van der Waals surface area contributed by atoms with E-state index in [4.69, 9.17) is 9.84 Å². The Labute approximate surface area is 204 Å². The molecule has 1 aromatic heterocycles. The zero-order valence-corrected chi connectivity index (χ0v) is 19.3. The fraction of sp³-hybridized carbons (Fsp3) is 0.0323. The highest BCUT2D eigenvalue weighted by Crippen LogP contribution is 2.33. The zero-order valence-electron chi connectivity index (χ0n) is 19.3. The normalized spacial score (nSPS) is 11.6. The maximum atomic E-state index is 13.3. The number of benzene rings is 4. The summed E-state index contributed by atoms with van der Waals surface area (Å²) in [4.78, 5) is 13.3. The van der Waals surface area contributed by atoms with Crippen LogP contribution >= 0.6 is 0 Å². The Morgan fingerprint density at radius 1 is 0.657 bits per heavy atom. The maximum Gasteiger partial charge on any atom is 0.343 e. The number of ether oxygens (including phenoxy) is 1. The second-order valence-corrected chi connectivity index (χ2v) is 8.11. The number of carbonyl (C=O) groups excluding carboxylic acids is 1. The van der Waals surface area contributed by atoms with Crippen molar-refractivity contribution in [3.8, 4) is 11.3 Å². The van der Waals surface area contributed by atoms with Crippen LogP contribution in [0.25, 0.3) is 22.7 Å². The predicted molar refractivity (Wildman–Crippen MR) is 139 cm³/mol. The van der Waals surface area contributed by atoms with Gasteiger partial charge in [0.15, 0.2) is 5.76 Å². The summed E-state index contributed by atoms with van der Waals surface area (Å²) in [6.45, 7) is 1.96. The monoisotopic (exact) mass is 456 g/mol. The first kappa shape index (κ1) is 22.1. The van der Waals surface area contributed by atoms with Gasteiger partial charge in [0, 0.05) is 16.7 Å². The number of esters is 1. The largest absolute Gasteiger partial charge is 0.420 e. The van der Waals surface area contributed by atoms with Crippen molar-refractivity contribution in [2.75, 3.05) is 0 Å². The van der Waals surface area contributed by atoms with Crippen LogP contribution in [0.3, 0.4) is 0 Å². The summed E-state index contributed by atoms with van der Waals surface area (Å²) < 4.78 is 8.05. The first-order chi connectivity index (χ1) is 17.2. The van der Waals surface area contributed by atoms with Gasteiger partial charge in [-0.25, -0.2) is 9.48 Å². The van der Waals surface area contributed by atoms with Crippen LogP contribution in [0.1, 0.15) is 27.2 Å². The van der Waals surface area contributed by atoms with Gasteiger partial charge >= 0.3 is 5.97 Å². The molecule has 0 bridgehead atoms. The van der Waals surface area contributed by atoms with Gasteiger partial charge in [-0.2, -0.15) is 5.10 Å². The van der Waals surface area contributed by atoms with Gasteiger partial charge in [-0.15, -0.1) is 0 Å². The molecule has 5 rings (SSSR count). The average molecular weight is 457 g/mol. The number of nitrogens with zero attached hydrogens (tertiary/aromatic N) is 2. The van der Waals surface area contributed by atoms with Crippen LogP contribution in [0.15, 0.2) is 127 Å². The number of aryl methyl sites for hydroxylation is 1. The minimum absolute atomic E-state index is 0.428. The van der Waals surface area contributed by atoms with Crippen molar-refractivity contribution in [1.29, 1.82) is 0 Å². The molecule has 0 aliphatic heterocycles. The standard InChI is InChI=1S/C31H24N2O2/c1-23-22-28(24-14-6-2-7-15-24)33(32-23)29(25-16-8-3-9-17-25)30(26-18-10-4-11-19-26)35-31(34)27-20-12-5-13-21-27/h2-22H,1H3/b30-29+. The van der Waals surface area contributed by atoms with Crippen LogP contribution in [0.2, 0.25) is 0 Å². The van der Waals surface area contributed by atoms with Crippen molar-refractivity contribution in [2.45, 2.75) is 6.92 Å². The Kier molecular flexibility index (Phi) is 6.35. The van der Waals surface area contributed by atoms with Crippen molar-refractivity contribution in [2.24, 2.45) is 0 Å². The minimum atomic E-state index is -0.428. The molecule has 4 aromatic carbocycles. The highest BCUT2D eigenvalue weighted by atomic mass is 16.5. The number of hydrogen-bond donors (Lipinski definition) is 0. The molecule has 0 radical (unpaired) electrons. The van der Waals surface area contributed by atoms with Crippen molar-refractivity contribution in [3.05, 3.63) is 150 Å². The second-order valence-electron chi connectivity index (χ2n) is 8.11. The summed E-state index contributed by atoms with van der Waals surface area (Å²) in [6.07, 6.45) is 0. The van der Waals surface area contributed by atoms with Gasteiger partial charge in [0.25, 0.3) is 0 Å². The lowest BCUT2D eigenvalue weighted by Gasteiger charge is -2.18. The number of hydrogen-bond acceptors (Lipinski definition) is 3. The van der Waals surface area contributed by atoms with Gasteiger partial charge in [0.1, 0.15) is 5.70 Å². The molecule has 1 heterocycles. The number of aromatic nitrogens is 2. The van der Waals surface area contributed by atoms with E-state index in [0.717, 1.165) is 28.1 Å². The van der Waals surface area contributed by atoms with Crippen molar-refractivity contribution >= 4 is 17.4 Å². The molecule has 0 fully saturated rings. The summed E-state index contributed by atoms with van der Waals surface area (Å²) >= 11 is 0. The van der Waals surface area contributed by atoms with E-state index < -0.39 is 5.97 Å². The first-order valence-electron chi connectivity index (χ1n) is 11.5. The summed E-state index contributed by atoms with van der Waals surface area (Å²) in [5.41, 5.74) is 5.62. The van der Waals surface area contributed by atoms with Crippen molar-refractivity contribution in [3.63, 3.8) is 0 Å². The van der Waals surface area contributed by atoms with Crippen LogP contribution in [-0.2, 0) is 4.74 Å². The molecular weight excluding hydrogens is 432 g/mol. The molecule has 0 aliphatic rings. The lowest BCUT2D eigenvalue weighted by atomic mass is 10.0. The highest BCUT2D eigenvalue weighted by Gasteiger charge is 2.23. The van der Waals surface area contributed by atoms with E-state index in [-0.39, 0.29) is 0 Å². The van der Waals surface area contributed by atoms with Gasteiger partial charge < -0.3 is 4.74 Å². The molecule has 4 nitrogen and oxygen atoms in total. The summed E-state index contributed by atoms with van der Waals surface area (Å²) in [5.74, 6) is 0.00829. The van der Waals surface area contributed by atoms with E-state index in [9.17, 15) is 4.79 Å². The first-order valence-corrected chi connectivity index (χ1v) is 11.5. The van der Waals surface area contributed by atoms with E-state index in [0.29, 0.717) is 17.0 Å². The van der Waals surface area contributed by atoms with E-state index in [1.807, 2.05) is 127 Å². The lowest BCUT2D eigenvalue weighted by molar-refractivity contribution is 0.0692. The third-order valence-electron chi connectivity index (χ3n) is 5.62. The smallest absolute Gasteiger partial charge is 0.343 e. The second kappa shape index (κ2) is 10.1. The molecule has 0 aliphatic carbocycles. The van der Waals surface area contributed by atoms with Gasteiger partial charge in [-0.05, 0) is 25.1 Å². The van der Waals surface area contributed by atoms with E-state index >= 15 is 0 Å². The third kappa shape index (κ3) is 4.82. The van der Waals surface area contributed by atoms with Crippen LogP contribution in [0, 0.1) is 6.92 Å². The molecule has 0 N–H and O–H groups in total. The average Bonchev–Trinajstić information content (AvgIpc) is 3.31. The van der Waals surface area contributed by atoms with Crippen molar-refractivity contribution < 1.29 is 9.53 Å². The van der Waals surface area contributed by atoms with E-state index in [1.54, 1.807) is 12.1 Å². The molecule has 5 aromatic rings. The van der Waals surface area contributed by atoms with Crippen LogP contribution < -0.4 is 0 Å². The minimum Gasteiger partial charge on any atom is -0.420 e. The Hall–Kier alpha value is -4.70. The van der Waals surface area contributed by atoms with Gasteiger partial charge in [0.2, 0.25) is 0 Å². The molecule has 0 spiro atoms. The molecule has 0 atom stereocenters. The molecule has 0 saturated heterocycles. The molecule has 0 saturated carbocycles. The maximum absolute atomic E-state index is 13.3. The van der Waals surface area contributed by atoms with Gasteiger partial charge in [-0.1, -0.05) is 109 Å². The van der Waals surface area contributed by atoms with E-state index in [1.165, 1.54) is 0 Å². The number of rotatable bonds is 6. The lowest BCUT2D eigenvalue weighted by Crippen LogP contribution is -2.12. The Morgan fingerprint density at radius 2 is 1.14 bits per heavy atom. The Balaban J connectivity index is 1.79. The predicted octanol–water partition coefficient (Wildman–Crippen LogP) is 7.09. The van der Waals surface area contributed by atoms with Gasteiger partial charge in [-0.3, -0.25) is 0 Å².